The number of sulfonamides is 1. The fourth-order valence-corrected chi connectivity index (χ4v) is 4.48. The Morgan fingerprint density at radius 2 is 2.00 bits per heavy atom. The molecule has 1 saturated heterocycles. The van der Waals surface area contributed by atoms with Crippen LogP contribution in [0.4, 0.5) is 4.39 Å². The Balaban J connectivity index is 1.68. The highest BCUT2D eigenvalue weighted by molar-refractivity contribution is 7.89. The number of ether oxygens (including phenoxy) is 3. The van der Waals surface area contributed by atoms with E-state index < -0.39 is 15.8 Å². The fourth-order valence-electron chi connectivity index (χ4n) is 3.18. The van der Waals surface area contributed by atoms with Gasteiger partial charge in [-0.2, -0.15) is 0 Å². The average molecular weight is 359 g/mol. The van der Waals surface area contributed by atoms with Crippen molar-refractivity contribution in [2.45, 2.75) is 49.3 Å². The highest BCUT2D eigenvalue weighted by Crippen LogP contribution is 2.28. The van der Waals surface area contributed by atoms with Gasteiger partial charge in [-0.1, -0.05) is 0 Å². The first-order chi connectivity index (χ1) is 11.5. The lowest BCUT2D eigenvalue weighted by Crippen LogP contribution is -2.49. The summed E-state index contributed by atoms with van der Waals surface area (Å²) < 4.78 is 57.9. The predicted molar refractivity (Wildman–Crippen MR) is 85.0 cm³/mol. The number of hydrogen-bond donors (Lipinski definition) is 1. The van der Waals surface area contributed by atoms with Gasteiger partial charge in [0.2, 0.25) is 10.0 Å². The van der Waals surface area contributed by atoms with Crippen LogP contribution in [0.3, 0.4) is 0 Å². The van der Waals surface area contributed by atoms with Crippen molar-refractivity contribution < 1.29 is 27.0 Å². The third-order valence-corrected chi connectivity index (χ3v) is 5.83. The van der Waals surface area contributed by atoms with E-state index in [2.05, 4.69) is 4.72 Å². The molecule has 3 atom stereocenters. The van der Waals surface area contributed by atoms with Gasteiger partial charge in [0.1, 0.15) is 0 Å². The van der Waals surface area contributed by atoms with Crippen molar-refractivity contribution in [1.82, 2.24) is 4.72 Å². The molecule has 8 heteroatoms. The molecule has 6 nitrogen and oxygen atoms in total. The van der Waals surface area contributed by atoms with Gasteiger partial charge in [-0.3, -0.25) is 0 Å². The summed E-state index contributed by atoms with van der Waals surface area (Å²) in [6.07, 6.45) is 1.93. The zero-order valence-corrected chi connectivity index (χ0v) is 14.4. The van der Waals surface area contributed by atoms with E-state index in [1.807, 2.05) is 0 Å². The lowest BCUT2D eigenvalue weighted by molar-refractivity contribution is -0.156. The Morgan fingerprint density at radius 3 is 2.71 bits per heavy atom. The maximum atomic E-state index is 13.9. The zero-order valence-electron chi connectivity index (χ0n) is 13.5. The van der Waals surface area contributed by atoms with Crippen LogP contribution in [-0.2, 0) is 19.5 Å². The standard InChI is InChI=1S/C16H22FNO5S/c1-2-21-14-6-4-12(10-13(14)17)24(19,20)18-11-3-5-15-16(9-11)23-8-7-22-15/h4,6,10-11,15-16,18H,2-3,5,7-9H2,1H3/t11-,15-,16-/m1/s1. The van der Waals surface area contributed by atoms with Gasteiger partial charge in [-0.25, -0.2) is 17.5 Å². The summed E-state index contributed by atoms with van der Waals surface area (Å²) in [5, 5.41) is 0. The minimum absolute atomic E-state index is 0.0439. The Bertz CT molecular complexity index is 681. The van der Waals surface area contributed by atoms with Gasteiger partial charge in [0, 0.05) is 6.04 Å². The quantitative estimate of drug-likeness (QED) is 0.868. The molecule has 134 valence electrons. The van der Waals surface area contributed by atoms with Crippen molar-refractivity contribution in [2.24, 2.45) is 0 Å². The highest BCUT2D eigenvalue weighted by Gasteiger charge is 2.35. The fraction of sp³-hybridized carbons (Fsp3) is 0.625. The van der Waals surface area contributed by atoms with Crippen molar-refractivity contribution in [3.63, 3.8) is 0 Å². The van der Waals surface area contributed by atoms with E-state index in [1.54, 1.807) is 6.92 Å². The monoisotopic (exact) mass is 359 g/mol. The van der Waals surface area contributed by atoms with Crippen LogP contribution in [-0.4, -0.2) is 46.5 Å². The van der Waals surface area contributed by atoms with Crippen molar-refractivity contribution in [3.8, 4) is 5.75 Å². The van der Waals surface area contributed by atoms with E-state index in [4.69, 9.17) is 14.2 Å². The van der Waals surface area contributed by atoms with Gasteiger partial charge >= 0.3 is 0 Å². The molecule has 2 aliphatic rings. The molecule has 1 saturated carbocycles. The van der Waals surface area contributed by atoms with Gasteiger partial charge in [0.05, 0.1) is 36.9 Å². The maximum absolute atomic E-state index is 13.9. The molecule has 1 heterocycles. The van der Waals surface area contributed by atoms with E-state index >= 15 is 0 Å². The Kier molecular flexibility index (Phi) is 5.39. The third-order valence-electron chi connectivity index (χ3n) is 4.31. The molecule has 0 spiro atoms. The number of nitrogens with one attached hydrogen (secondary N) is 1. The average Bonchev–Trinajstić information content (AvgIpc) is 2.56. The number of benzene rings is 1. The Morgan fingerprint density at radius 1 is 1.25 bits per heavy atom. The van der Waals surface area contributed by atoms with Crippen LogP contribution >= 0.6 is 0 Å². The van der Waals surface area contributed by atoms with Crippen molar-refractivity contribution >= 4 is 10.0 Å². The van der Waals surface area contributed by atoms with E-state index in [1.165, 1.54) is 12.1 Å². The van der Waals surface area contributed by atoms with Crippen LogP contribution in [0, 0.1) is 5.82 Å². The van der Waals surface area contributed by atoms with E-state index in [9.17, 15) is 12.8 Å². The molecule has 1 aromatic rings. The number of halogens is 1. The van der Waals surface area contributed by atoms with Gasteiger partial charge in [-0.05, 0) is 44.4 Å². The van der Waals surface area contributed by atoms with Crippen LogP contribution in [0.15, 0.2) is 23.1 Å². The highest BCUT2D eigenvalue weighted by atomic mass is 32.2. The number of hydrogen-bond acceptors (Lipinski definition) is 5. The van der Waals surface area contributed by atoms with Crippen molar-refractivity contribution in [1.29, 1.82) is 0 Å². The lowest BCUT2D eigenvalue weighted by atomic mass is 9.90. The van der Waals surface area contributed by atoms with Gasteiger partial charge in [-0.15, -0.1) is 0 Å². The van der Waals surface area contributed by atoms with Crippen LogP contribution in [0.2, 0.25) is 0 Å². The second-order valence-corrected chi connectivity index (χ2v) is 7.69. The summed E-state index contributed by atoms with van der Waals surface area (Å²) in [6, 6.07) is 3.43. The molecular weight excluding hydrogens is 337 g/mol. The van der Waals surface area contributed by atoms with Gasteiger partial charge < -0.3 is 14.2 Å². The van der Waals surface area contributed by atoms with Crippen LogP contribution < -0.4 is 9.46 Å². The molecule has 0 amide bonds. The molecule has 1 N–H and O–H groups in total. The number of rotatable bonds is 5. The molecule has 1 aliphatic carbocycles. The second kappa shape index (κ2) is 7.35. The molecule has 3 rings (SSSR count). The zero-order chi connectivity index (χ0) is 17.2. The summed E-state index contributed by atoms with van der Waals surface area (Å²) in [7, 11) is -3.79. The SMILES string of the molecule is CCOc1ccc(S(=O)(=O)N[C@@H]2CC[C@H]3OCCO[C@@H]3C2)cc1F. The first-order valence-electron chi connectivity index (χ1n) is 8.17. The Hall–Kier alpha value is -1.22. The topological polar surface area (TPSA) is 73.9 Å². The smallest absolute Gasteiger partial charge is 0.240 e. The summed E-state index contributed by atoms with van der Waals surface area (Å²) in [4.78, 5) is -0.105. The summed E-state index contributed by atoms with van der Waals surface area (Å²) in [5.74, 6) is -0.642. The number of fused-ring (bicyclic) bond motifs is 1. The minimum atomic E-state index is -3.79. The molecule has 0 bridgehead atoms. The lowest BCUT2D eigenvalue weighted by Gasteiger charge is -2.38. The maximum Gasteiger partial charge on any atom is 0.240 e. The van der Waals surface area contributed by atoms with Crippen LogP contribution in [0.25, 0.3) is 0 Å². The molecule has 1 aliphatic heterocycles. The molecule has 24 heavy (non-hydrogen) atoms. The van der Waals surface area contributed by atoms with Crippen LogP contribution in [0.1, 0.15) is 26.2 Å². The van der Waals surface area contributed by atoms with Crippen molar-refractivity contribution in [2.75, 3.05) is 19.8 Å². The summed E-state index contributed by atoms with van der Waals surface area (Å²) in [6.45, 7) is 3.17. The third kappa shape index (κ3) is 3.88. The molecule has 0 radical (unpaired) electrons. The van der Waals surface area contributed by atoms with E-state index in [-0.39, 0.29) is 28.9 Å². The first-order valence-corrected chi connectivity index (χ1v) is 9.66. The molecule has 2 fully saturated rings. The molecule has 0 aromatic heterocycles. The van der Waals surface area contributed by atoms with E-state index in [0.29, 0.717) is 32.7 Å². The largest absolute Gasteiger partial charge is 0.491 e. The summed E-state index contributed by atoms with van der Waals surface area (Å²) in [5.41, 5.74) is 0. The van der Waals surface area contributed by atoms with Gasteiger partial charge in [0.25, 0.3) is 0 Å². The second-order valence-electron chi connectivity index (χ2n) is 5.97. The normalized spacial score (nSPS) is 27.5. The predicted octanol–water partition coefficient (Wildman–Crippen LogP) is 1.84. The Labute approximate surface area is 141 Å². The summed E-state index contributed by atoms with van der Waals surface area (Å²) >= 11 is 0. The first kappa shape index (κ1) is 17.6. The molecule has 1 aromatic carbocycles. The molecular formula is C16H22FNO5S. The minimum Gasteiger partial charge on any atom is -0.491 e. The van der Waals surface area contributed by atoms with Crippen LogP contribution in [0.5, 0.6) is 5.75 Å². The van der Waals surface area contributed by atoms with E-state index in [0.717, 1.165) is 12.5 Å². The van der Waals surface area contributed by atoms with Crippen molar-refractivity contribution in [3.05, 3.63) is 24.0 Å². The van der Waals surface area contributed by atoms with Gasteiger partial charge in [0.15, 0.2) is 11.6 Å². The molecule has 0 unspecified atom stereocenters.